The summed E-state index contributed by atoms with van der Waals surface area (Å²) in [5, 5.41) is 0.943. The average Bonchev–Trinajstić information content (AvgIpc) is 2.62. The molecule has 0 saturated carbocycles. The molecule has 4 nitrogen and oxygen atoms in total. The van der Waals surface area contributed by atoms with Gasteiger partial charge in [-0.15, -0.1) is 0 Å². The van der Waals surface area contributed by atoms with Crippen LogP contribution in [0.25, 0.3) is 10.9 Å². The van der Waals surface area contributed by atoms with Crippen LogP contribution in [0.4, 0.5) is 0 Å². The monoisotopic (exact) mass is 333 g/mol. The van der Waals surface area contributed by atoms with Crippen molar-refractivity contribution >= 4 is 22.7 Å². The number of ketones is 1. The van der Waals surface area contributed by atoms with E-state index in [0.717, 1.165) is 16.5 Å². The number of pyridine rings is 1. The summed E-state index contributed by atoms with van der Waals surface area (Å²) < 4.78 is 5.35. The third-order valence-electron chi connectivity index (χ3n) is 4.12. The van der Waals surface area contributed by atoms with Crippen LogP contribution in [0.3, 0.4) is 0 Å². The number of carbonyl (C=O) groups is 2. The van der Waals surface area contributed by atoms with Gasteiger partial charge in [-0.25, -0.2) is 9.78 Å². The number of fused-ring (bicyclic) bond motifs is 1. The molecule has 3 rings (SSSR count). The van der Waals surface area contributed by atoms with Gasteiger partial charge >= 0.3 is 5.97 Å². The summed E-state index contributed by atoms with van der Waals surface area (Å²) in [4.78, 5) is 29.3. The molecule has 0 unspecified atom stereocenters. The zero-order valence-corrected chi connectivity index (χ0v) is 14.4. The molecule has 0 N–H and O–H groups in total. The molecular weight excluding hydrogens is 314 g/mol. The minimum Gasteiger partial charge on any atom is -0.450 e. The fourth-order valence-corrected chi connectivity index (χ4v) is 2.67. The highest BCUT2D eigenvalue weighted by molar-refractivity contribution is 6.02. The maximum Gasteiger partial charge on any atom is 0.357 e. The molecule has 0 aliphatic heterocycles. The Labute approximate surface area is 146 Å². The number of hydrogen-bond acceptors (Lipinski definition) is 4. The van der Waals surface area contributed by atoms with Gasteiger partial charge in [0, 0.05) is 10.9 Å². The van der Waals surface area contributed by atoms with E-state index in [1.54, 1.807) is 13.0 Å². The first-order valence-electron chi connectivity index (χ1n) is 8.14. The van der Waals surface area contributed by atoms with Crippen LogP contribution in [0, 0.1) is 13.8 Å². The minimum atomic E-state index is -0.874. The number of hydrogen-bond donors (Lipinski definition) is 0. The zero-order valence-electron chi connectivity index (χ0n) is 14.4. The van der Waals surface area contributed by atoms with Gasteiger partial charge in [-0.1, -0.05) is 42.0 Å². The van der Waals surface area contributed by atoms with Gasteiger partial charge < -0.3 is 4.74 Å². The van der Waals surface area contributed by atoms with Crippen LogP contribution in [-0.4, -0.2) is 22.8 Å². The maximum absolute atomic E-state index is 12.6. The van der Waals surface area contributed by atoms with E-state index in [1.807, 2.05) is 62.4 Å². The molecule has 1 atom stereocenters. The fourth-order valence-electron chi connectivity index (χ4n) is 2.67. The van der Waals surface area contributed by atoms with Gasteiger partial charge in [-0.05, 0) is 44.5 Å². The molecule has 4 heteroatoms. The molecule has 1 heterocycles. The molecule has 0 aliphatic rings. The Kier molecular flexibility index (Phi) is 4.61. The van der Waals surface area contributed by atoms with E-state index in [4.69, 9.17) is 4.74 Å². The number of para-hydroxylation sites is 1. The fraction of sp³-hybridized carbons (Fsp3) is 0.190. The number of aromatic nitrogens is 1. The normalized spacial score (nSPS) is 12.0. The predicted octanol–water partition coefficient (Wildman–Crippen LogP) is 4.28. The second-order valence-electron chi connectivity index (χ2n) is 6.12. The van der Waals surface area contributed by atoms with E-state index in [-0.39, 0.29) is 11.5 Å². The van der Waals surface area contributed by atoms with Gasteiger partial charge in [0.25, 0.3) is 0 Å². The van der Waals surface area contributed by atoms with E-state index < -0.39 is 12.1 Å². The van der Waals surface area contributed by atoms with Crippen molar-refractivity contribution in [2.45, 2.75) is 26.9 Å². The largest absolute Gasteiger partial charge is 0.450 e. The smallest absolute Gasteiger partial charge is 0.357 e. The van der Waals surface area contributed by atoms with Gasteiger partial charge in [-0.3, -0.25) is 4.79 Å². The Morgan fingerprint density at radius 2 is 1.76 bits per heavy atom. The molecular formula is C21H19NO3. The predicted molar refractivity (Wildman–Crippen MR) is 96.9 cm³/mol. The summed E-state index contributed by atoms with van der Waals surface area (Å²) in [6, 6.07) is 16.6. The number of nitrogens with zero attached hydrogens (tertiary/aromatic N) is 1. The summed E-state index contributed by atoms with van der Waals surface area (Å²) in [5.74, 6) is -0.813. The molecule has 3 aromatic rings. The third-order valence-corrected chi connectivity index (χ3v) is 4.12. The standard InChI is InChI=1S/C21H19NO3/c1-13-8-9-14(2)17(12-13)20(23)15(3)25-21(24)19-11-10-16-6-4-5-7-18(16)22-19/h4-12,15H,1-3H3/t15-/m1/s1. The van der Waals surface area contributed by atoms with Crippen LogP contribution >= 0.6 is 0 Å². The van der Waals surface area contributed by atoms with Gasteiger partial charge in [0.2, 0.25) is 5.78 Å². The summed E-state index contributed by atoms with van der Waals surface area (Å²) >= 11 is 0. The molecule has 0 spiro atoms. The summed E-state index contributed by atoms with van der Waals surface area (Å²) in [6.07, 6.45) is -0.874. The van der Waals surface area contributed by atoms with Crippen LogP contribution in [0.5, 0.6) is 0 Å². The van der Waals surface area contributed by atoms with E-state index in [1.165, 1.54) is 0 Å². The number of esters is 1. The van der Waals surface area contributed by atoms with E-state index in [9.17, 15) is 9.59 Å². The van der Waals surface area contributed by atoms with Crippen LogP contribution in [0.15, 0.2) is 54.6 Å². The van der Waals surface area contributed by atoms with Crippen molar-refractivity contribution in [1.29, 1.82) is 0 Å². The number of rotatable bonds is 4. The maximum atomic E-state index is 12.6. The van der Waals surface area contributed by atoms with Crippen molar-refractivity contribution in [1.82, 2.24) is 4.98 Å². The van der Waals surface area contributed by atoms with Gasteiger partial charge in [-0.2, -0.15) is 0 Å². The van der Waals surface area contributed by atoms with Crippen molar-refractivity contribution < 1.29 is 14.3 Å². The van der Waals surface area contributed by atoms with E-state index in [2.05, 4.69) is 4.98 Å². The first-order valence-corrected chi connectivity index (χ1v) is 8.14. The molecule has 2 aromatic carbocycles. The average molecular weight is 333 g/mol. The van der Waals surface area contributed by atoms with E-state index >= 15 is 0 Å². The van der Waals surface area contributed by atoms with Crippen LogP contribution < -0.4 is 0 Å². The van der Waals surface area contributed by atoms with Crippen LogP contribution in [0.2, 0.25) is 0 Å². The van der Waals surface area contributed by atoms with Crippen LogP contribution in [0.1, 0.15) is 38.9 Å². The lowest BCUT2D eigenvalue weighted by Gasteiger charge is -2.14. The lowest BCUT2D eigenvalue weighted by atomic mass is 9.99. The molecule has 0 fully saturated rings. The number of Topliss-reactive ketones (excluding diaryl/α,β-unsaturated/α-hetero) is 1. The SMILES string of the molecule is Cc1ccc(C)c(C(=O)[C@@H](C)OC(=O)c2ccc3ccccc3n2)c1. The lowest BCUT2D eigenvalue weighted by molar-refractivity contribution is 0.0313. The Hall–Kier alpha value is -3.01. The molecule has 0 amide bonds. The number of ether oxygens (including phenoxy) is 1. The van der Waals surface area contributed by atoms with Crippen molar-refractivity contribution in [3.8, 4) is 0 Å². The van der Waals surface area contributed by atoms with Crippen LogP contribution in [-0.2, 0) is 4.74 Å². The first-order chi connectivity index (χ1) is 12.0. The second kappa shape index (κ2) is 6.85. The van der Waals surface area contributed by atoms with E-state index in [0.29, 0.717) is 11.1 Å². The third kappa shape index (κ3) is 3.58. The lowest BCUT2D eigenvalue weighted by Crippen LogP contribution is -2.25. The van der Waals surface area contributed by atoms with Crippen molar-refractivity contribution in [3.05, 3.63) is 77.0 Å². The molecule has 0 radical (unpaired) electrons. The quantitative estimate of drug-likeness (QED) is 0.528. The number of benzene rings is 2. The summed E-state index contributed by atoms with van der Waals surface area (Å²) in [7, 11) is 0. The Balaban J connectivity index is 1.79. The second-order valence-corrected chi connectivity index (χ2v) is 6.12. The highest BCUT2D eigenvalue weighted by Gasteiger charge is 2.22. The topological polar surface area (TPSA) is 56.3 Å². The van der Waals surface area contributed by atoms with Gasteiger partial charge in [0.05, 0.1) is 5.52 Å². The minimum absolute atomic E-state index is 0.194. The van der Waals surface area contributed by atoms with Gasteiger partial charge in [0.1, 0.15) is 5.69 Å². The summed E-state index contributed by atoms with van der Waals surface area (Å²) in [5.41, 5.74) is 3.34. The molecule has 126 valence electrons. The Bertz CT molecular complexity index is 962. The van der Waals surface area contributed by atoms with Crippen molar-refractivity contribution in [3.63, 3.8) is 0 Å². The van der Waals surface area contributed by atoms with Crippen molar-refractivity contribution in [2.24, 2.45) is 0 Å². The molecule has 0 bridgehead atoms. The molecule has 0 aliphatic carbocycles. The first kappa shape index (κ1) is 16.8. The molecule has 1 aromatic heterocycles. The highest BCUT2D eigenvalue weighted by atomic mass is 16.5. The Morgan fingerprint density at radius 1 is 1.00 bits per heavy atom. The molecule has 0 saturated heterocycles. The Morgan fingerprint density at radius 3 is 2.56 bits per heavy atom. The summed E-state index contributed by atoms with van der Waals surface area (Å²) in [6.45, 7) is 5.38. The van der Waals surface area contributed by atoms with Gasteiger partial charge in [0.15, 0.2) is 6.10 Å². The highest BCUT2D eigenvalue weighted by Crippen LogP contribution is 2.16. The number of carbonyl (C=O) groups excluding carboxylic acids is 2. The number of aryl methyl sites for hydroxylation is 2. The zero-order chi connectivity index (χ0) is 18.0. The van der Waals surface area contributed by atoms with Crippen molar-refractivity contribution in [2.75, 3.05) is 0 Å². The molecule has 25 heavy (non-hydrogen) atoms.